The smallest absolute Gasteiger partial charge is 0.223 e. The first kappa shape index (κ1) is 6.83. The third kappa shape index (κ3) is 0.951. The lowest BCUT2D eigenvalue weighted by atomic mass is 9.85. The van der Waals surface area contributed by atoms with Crippen LogP contribution in [-0.4, -0.2) is 16.3 Å². The first-order chi connectivity index (χ1) is 5.29. The molecule has 11 heavy (non-hydrogen) atoms. The minimum Gasteiger partial charge on any atom is -0.507 e. The molecule has 1 aliphatic carbocycles. The topological polar surface area (TPSA) is 52.5 Å². The molecule has 1 fully saturated rings. The van der Waals surface area contributed by atoms with Crippen molar-refractivity contribution in [3.05, 3.63) is 11.6 Å². The van der Waals surface area contributed by atoms with Gasteiger partial charge in [0, 0.05) is 12.0 Å². The molecular formula is C8H13NO2. The molecule has 0 bridgehead atoms. The third-order valence-electron chi connectivity index (χ3n) is 2.68. The van der Waals surface area contributed by atoms with E-state index in [1.54, 1.807) is 0 Å². The fourth-order valence-electron chi connectivity index (χ4n) is 2.06. The molecule has 3 heteroatoms. The summed E-state index contributed by atoms with van der Waals surface area (Å²) >= 11 is 0. The zero-order valence-electron chi connectivity index (χ0n) is 6.38. The highest BCUT2D eigenvalue weighted by molar-refractivity contribution is 5.14. The predicted molar refractivity (Wildman–Crippen MR) is 41.2 cm³/mol. The average molecular weight is 155 g/mol. The van der Waals surface area contributed by atoms with Gasteiger partial charge in [-0.3, -0.25) is 0 Å². The molecule has 62 valence electrons. The molecule has 0 aromatic heterocycles. The van der Waals surface area contributed by atoms with Crippen LogP contribution in [0.1, 0.15) is 25.7 Å². The SMILES string of the molecule is OC1=C(O)C2CCCCC2N1. The monoisotopic (exact) mass is 155 g/mol. The van der Waals surface area contributed by atoms with E-state index in [0.717, 1.165) is 12.8 Å². The van der Waals surface area contributed by atoms with Gasteiger partial charge in [0.15, 0.2) is 5.76 Å². The highest BCUT2D eigenvalue weighted by atomic mass is 16.3. The second kappa shape index (κ2) is 2.32. The van der Waals surface area contributed by atoms with Gasteiger partial charge in [-0.15, -0.1) is 0 Å². The molecule has 0 saturated heterocycles. The van der Waals surface area contributed by atoms with Gasteiger partial charge < -0.3 is 15.5 Å². The summed E-state index contributed by atoms with van der Waals surface area (Å²) in [5.74, 6) is 0.361. The Balaban J connectivity index is 2.15. The Bertz CT molecular complexity index is 200. The number of hydrogen-bond acceptors (Lipinski definition) is 3. The van der Waals surface area contributed by atoms with Gasteiger partial charge in [-0.2, -0.15) is 0 Å². The van der Waals surface area contributed by atoms with Crippen LogP contribution in [0.25, 0.3) is 0 Å². The van der Waals surface area contributed by atoms with Crippen LogP contribution >= 0.6 is 0 Å². The van der Waals surface area contributed by atoms with E-state index in [4.69, 9.17) is 5.11 Å². The summed E-state index contributed by atoms with van der Waals surface area (Å²) < 4.78 is 0. The van der Waals surface area contributed by atoms with Crippen molar-refractivity contribution in [1.29, 1.82) is 0 Å². The summed E-state index contributed by atoms with van der Waals surface area (Å²) in [5, 5.41) is 21.4. The number of nitrogens with one attached hydrogen (secondary N) is 1. The largest absolute Gasteiger partial charge is 0.507 e. The molecule has 2 unspecified atom stereocenters. The molecule has 3 nitrogen and oxygen atoms in total. The molecular weight excluding hydrogens is 142 g/mol. The first-order valence-corrected chi connectivity index (χ1v) is 4.17. The lowest BCUT2D eigenvalue weighted by Crippen LogP contribution is -2.31. The maximum absolute atomic E-state index is 9.36. The molecule has 1 saturated carbocycles. The van der Waals surface area contributed by atoms with Gasteiger partial charge in [0.05, 0.1) is 0 Å². The maximum atomic E-state index is 9.36. The van der Waals surface area contributed by atoms with E-state index in [1.165, 1.54) is 12.8 Å². The van der Waals surface area contributed by atoms with E-state index in [9.17, 15) is 5.11 Å². The highest BCUT2D eigenvalue weighted by Gasteiger charge is 2.36. The van der Waals surface area contributed by atoms with Crippen LogP contribution in [0, 0.1) is 5.92 Å². The minimum absolute atomic E-state index is 0.00176. The molecule has 0 spiro atoms. The normalized spacial score (nSPS) is 36.7. The molecule has 1 heterocycles. The van der Waals surface area contributed by atoms with Gasteiger partial charge in [-0.1, -0.05) is 12.8 Å². The standard InChI is InChI=1S/C8H13NO2/c10-7-5-3-1-2-4-6(5)9-8(7)11/h5-6,9-11H,1-4H2. The third-order valence-corrected chi connectivity index (χ3v) is 2.68. The summed E-state index contributed by atoms with van der Waals surface area (Å²) in [5.41, 5.74) is 0. The molecule has 0 aromatic rings. The van der Waals surface area contributed by atoms with E-state index >= 15 is 0 Å². The number of aliphatic hydroxyl groups excluding tert-OH is 2. The van der Waals surface area contributed by atoms with Gasteiger partial charge in [0.2, 0.25) is 5.88 Å². The average Bonchev–Trinajstić information content (AvgIpc) is 2.30. The molecule has 0 amide bonds. The zero-order valence-corrected chi connectivity index (χ0v) is 6.38. The Morgan fingerprint density at radius 3 is 2.64 bits per heavy atom. The summed E-state index contributed by atoms with van der Waals surface area (Å²) in [7, 11) is 0. The zero-order chi connectivity index (χ0) is 7.84. The second-order valence-electron chi connectivity index (χ2n) is 3.38. The van der Waals surface area contributed by atoms with Crippen LogP contribution < -0.4 is 5.32 Å². The second-order valence-corrected chi connectivity index (χ2v) is 3.38. The van der Waals surface area contributed by atoms with Crippen LogP contribution in [-0.2, 0) is 0 Å². The van der Waals surface area contributed by atoms with Crippen molar-refractivity contribution in [2.75, 3.05) is 0 Å². The van der Waals surface area contributed by atoms with Crippen molar-refractivity contribution >= 4 is 0 Å². The summed E-state index contributed by atoms with van der Waals surface area (Å²) in [4.78, 5) is 0. The van der Waals surface area contributed by atoms with Crippen molar-refractivity contribution in [3.63, 3.8) is 0 Å². The van der Waals surface area contributed by atoms with Crippen LogP contribution in [0.5, 0.6) is 0 Å². The first-order valence-electron chi connectivity index (χ1n) is 4.17. The van der Waals surface area contributed by atoms with Gasteiger partial charge in [-0.25, -0.2) is 0 Å². The number of aliphatic hydroxyl groups is 2. The van der Waals surface area contributed by atoms with Crippen LogP contribution in [0.3, 0.4) is 0 Å². The van der Waals surface area contributed by atoms with Crippen molar-refractivity contribution in [3.8, 4) is 0 Å². The molecule has 0 aromatic carbocycles. The van der Waals surface area contributed by atoms with E-state index < -0.39 is 0 Å². The Kier molecular flexibility index (Phi) is 1.44. The molecule has 0 radical (unpaired) electrons. The molecule has 1 aliphatic heterocycles. The fourth-order valence-corrected chi connectivity index (χ4v) is 2.06. The van der Waals surface area contributed by atoms with Gasteiger partial charge in [-0.05, 0) is 12.8 Å². The van der Waals surface area contributed by atoms with Crippen LogP contribution in [0.15, 0.2) is 11.6 Å². The van der Waals surface area contributed by atoms with E-state index in [0.29, 0.717) is 6.04 Å². The van der Waals surface area contributed by atoms with Gasteiger partial charge >= 0.3 is 0 Å². The highest BCUT2D eigenvalue weighted by Crippen LogP contribution is 2.34. The van der Waals surface area contributed by atoms with E-state index in [-0.39, 0.29) is 17.6 Å². The summed E-state index contributed by atoms with van der Waals surface area (Å²) in [6, 6.07) is 0.295. The summed E-state index contributed by atoms with van der Waals surface area (Å²) in [6.07, 6.45) is 4.45. The van der Waals surface area contributed by atoms with Crippen molar-refractivity contribution < 1.29 is 10.2 Å². The van der Waals surface area contributed by atoms with Gasteiger partial charge in [0.25, 0.3) is 0 Å². The summed E-state index contributed by atoms with van der Waals surface area (Å²) in [6.45, 7) is 0. The van der Waals surface area contributed by atoms with E-state index in [2.05, 4.69) is 5.32 Å². The quantitative estimate of drug-likeness (QED) is 0.496. The predicted octanol–water partition coefficient (Wildman–Crippen LogP) is 1.43. The Morgan fingerprint density at radius 2 is 1.91 bits per heavy atom. The maximum Gasteiger partial charge on any atom is 0.223 e. The number of rotatable bonds is 0. The van der Waals surface area contributed by atoms with E-state index in [1.807, 2.05) is 0 Å². The molecule has 3 N–H and O–H groups in total. The minimum atomic E-state index is 0.00176. The lowest BCUT2D eigenvalue weighted by Gasteiger charge is -2.24. The molecule has 2 atom stereocenters. The van der Waals surface area contributed by atoms with Crippen molar-refractivity contribution in [2.24, 2.45) is 5.92 Å². The fraction of sp³-hybridized carbons (Fsp3) is 0.750. The Labute approximate surface area is 65.7 Å². The Hall–Kier alpha value is -0.860. The number of fused-ring (bicyclic) bond motifs is 1. The van der Waals surface area contributed by atoms with Crippen LogP contribution in [0.4, 0.5) is 0 Å². The van der Waals surface area contributed by atoms with Gasteiger partial charge in [0.1, 0.15) is 0 Å². The Morgan fingerprint density at radius 1 is 1.18 bits per heavy atom. The van der Waals surface area contributed by atoms with Crippen molar-refractivity contribution in [1.82, 2.24) is 5.32 Å². The van der Waals surface area contributed by atoms with Crippen molar-refractivity contribution in [2.45, 2.75) is 31.7 Å². The number of hydrogen-bond donors (Lipinski definition) is 3. The van der Waals surface area contributed by atoms with Crippen LogP contribution in [0.2, 0.25) is 0 Å². The molecule has 2 rings (SSSR count). The lowest BCUT2D eigenvalue weighted by molar-refractivity contribution is 0.261. The molecule has 2 aliphatic rings.